The Bertz CT molecular complexity index is 1530. The number of hydrogen-bond donors (Lipinski definition) is 1. The fourth-order valence-electron chi connectivity index (χ4n) is 3.97. The second-order valence-corrected chi connectivity index (χ2v) is 10.2. The summed E-state index contributed by atoms with van der Waals surface area (Å²) < 4.78 is 28.5. The minimum absolute atomic E-state index is 0.0800. The molecule has 35 heavy (non-hydrogen) atoms. The molecule has 178 valence electrons. The molecule has 0 aliphatic heterocycles. The van der Waals surface area contributed by atoms with E-state index in [-0.39, 0.29) is 11.3 Å². The third-order valence-electron chi connectivity index (χ3n) is 5.87. The van der Waals surface area contributed by atoms with Crippen LogP contribution in [-0.2, 0) is 16.6 Å². The molecule has 0 aliphatic carbocycles. The number of aryl methyl sites for hydroxylation is 1. The first-order valence-corrected chi connectivity index (χ1v) is 13.1. The smallest absolute Gasteiger partial charge is 0.264 e. The van der Waals surface area contributed by atoms with Gasteiger partial charge in [0.05, 0.1) is 28.4 Å². The van der Waals surface area contributed by atoms with E-state index in [0.717, 1.165) is 40.0 Å². The minimum Gasteiger partial charge on any atom is -0.324 e. The van der Waals surface area contributed by atoms with E-state index in [1.165, 1.54) is 0 Å². The molecule has 0 fully saturated rings. The van der Waals surface area contributed by atoms with Crippen LogP contribution in [0.5, 0.6) is 0 Å². The Morgan fingerprint density at radius 2 is 1.83 bits per heavy atom. The number of sulfonamides is 1. The zero-order valence-electron chi connectivity index (χ0n) is 19.7. The van der Waals surface area contributed by atoms with Crippen LogP contribution in [0.3, 0.4) is 0 Å². The molecule has 0 saturated carbocycles. The largest absolute Gasteiger partial charge is 0.324 e. The highest BCUT2D eigenvalue weighted by Gasteiger charge is 2.17. The predicted molar refractivity (Wildman–Crippen MR) is 136 cm³/mol. The lowest BCUT2D eigenvalue weighted by molar-refractivity contribution is 0.0981. The molecule has 0 radical (unpaired) electrons. The number of rotatable bonds is 8. The average Bonchev–Trinajstić information content (AvgIpc) is 3.17. The van der Waals surface area contributed by atoms with Gasteiger partial charge >= 0.3 is 0 Å². The maximum absolute atomic E-state index is 12.6. The van der Waals surface area contributed by atoms with Crippen molar-refractivity contribution in [2.75, 3.05) is 5.75 Å². The number of hydrogen-bond acceptors (Lipinski definition) is 5. The van der Waals surface area contributed by atoms with Gasteiger partial charge in [0.15, 0.2) is 0 Å². The molecule has 8 heteroatoms. The van der Waals surface area contributed by atoms with E-state index in [9.17, 15) is 18.5 Å². The van der Waals surface area contributed by atoms with Crippen LogP contribution < -0.4 is 4.72 Å². The number of fused-ring (bicyclic) bond motifs is 1. The molecule has 7 nitrogen and oxygen atoms in total. The highest BCUT2D eigenvalue weighted by Crippen LogP contribution is 2.25. The number of nitriles is 1. The molecular formula is C27H26N4O3S. The van der Waals surface area contributed by atoms with Crippen molar-refractivity contribution in [3.8, 4) is 17.2 Å². The fraction of sp³-hybridized carbons (Fsp3) is 0.222. The molecule has 1 amide bonds. The van der Waals surface area contributed by atoms with Crippen LogP contribution in [0, 0.1) is 18.3 Å². The maximum atomic E-state index is 12.6. The van der Waals surface area contributed by atoms with Crippen LogP contribution in [0.2, 0.25) is 0 Å². The molecule has 1 N–H and O–H groups in total. The number of unbranched alkanes of at least 4 members (excludes halogenated alkanes) is 1. The van der Waals surface area contributed by atoms with Crippen LogP contribution in [0.15, 0.2) is 66.7 Å². The van der Waals surface area contributed by atoms with Crippen molar-refractivity contribution in [1.82, 2.24) is 14.3 Å². The first-order valence-electron chi connectivity index (χ1n) is 11.4. The number of carbonyl (C=O) groups excluding carboxylic acids is 1. The van der Waals surface area contributed by atoms with E-state index in [1.807, 2.05) is 60.9 Å². The number of aromatic nitrogens is 2. The van der Waals surface area contributed by atoms with Gasteiger partial charge in [-0.05, 0) is 54.3 Å². The van der Waals surface area contributed by atoms with Crippen molar-refractivity contribution in [3.05, 3.63) is 89.2 Å². The molecule has 4 aromatic rings. The van der Waals surface area contributed by atoms with Crippen LogP contribution in [-0.4, -0.2) is 29.6 Å². The quantitative estimate of drug-likeness (QED) is 0.385. The highest BCUT2D eigenvalue weighted by molar-refractivity contribution is 7.90. The van der Waals surface area contributed by atoms with Gasteiger partial charge in [-0.3, -0.25) is 4.79 Å². The van der Waals surface area contributed by atoms with Crippen LogP contribution in [0.25, 0.3) is 22.2 Å². The molecule has 0 aliphatic rings. The van der Waals surface area contributed by atoms with Gasteiger partial charge < -0.3 is 4.57 Å². The summed E-state index contributed by atoms with van der Waals surface area (Å²) in [7, 11) is -3.67. The summed E-state index contributed by atoms with van der Waals surface area (Å²) in [5.41, 5.74) is 5.24. The SMILES string of the molecule is CCCCS(=O)(=O)NC(=O)c1ccc2nc(C)n(Cc3ccc(-c4ccccc4C#N)cc3)c2c1. The molecule has 0 atom stereocenters. The van der Waals surface area contributed by atoms with E-state index in [2.05, 4.69) is 15.8 Å². The number of amides is 1. The van der Waals surface area contributed by atoms with Gasteiger partial charge in [-0.25, -0.2) is 18.1 Å². The van der Waals surface area contributed by atoms with Gasteiger partial charge in [-0.1, -0.05) is 55.8 Å². The first kappa shape index (κ1) is 24.2. The lowest BCUT2D eigenvalue weighted by Crippen LogP contribution is -2.32. The van der Waals surface area contributed by atoms with Gasteiger partial charge in [0.25, 0.3) is 5.91 Å². The van der Waals surface area contributed by atoms with Crippen molar-refractivity contribution in [3.63, 3.8) is 0 Å². The van der Waals surface area contributed by atoms with Gasteiger partial charge in [0.1, 0.15) is 5.82 Å². The standard InChI is InChI=1S/C27H26N4O3S/c1-3-4-15-35(33,34)30-27(32)22-13-14-25-26(16-22)31(19(2)29-25)18-20-9-11-21(12-10-20)24-8-6-5-7-23(24)17-28/h5-14,16H,3-4,15,18H2,1-2H3,(H,30,32). The molecule has 0 unspecified atom stereocenters. The van der Waals surface area contributed by atoms with Crippen LogP contribution in [0.1, 0.15) is 47.1 Å². The van der Waals surface area contributed by atoms with E-state index < -0.39 is 15.9 Å². The molecule has 1 aromatic heterocycles. The Labute approximate surface area is 205 Å². The summed E-state index contributed by atoms with van der Waals surface area (Å²) in [6.07, 6.45) is 1.22. The second-order valence-electron chi connectivity index (χ2n) is 8.41. The molecule has 0 bridgehead atoms. The monoisotopic (exact) mass is 486 g/mol. The number of nitrogens with one attached hydrogen (secondary N) is 1. The molecule has 4 rings (SSSR count). The van der Waals surface area contributed by atoms with Gasteiger partial charge in [0.2, 0.25) is 10.0 Å². The summed E-state index contributed by atoms with van der Waals surface area (Å²) in [4.78, 5) is 17.2. The Hall–Kier alpha value is -3.96. The van der Waals surface area contributed by atoms with E-state index in [4.69, 9.17) is 0 Å². The zero-order valence-corrected chi connectivity index (χ0v) is 20.5. The van der Waals surface area contributed by atoms with Gasteiger partial charge in [-0.2, -0.15) is 5.26 Å². The van der Waals surface area contributed by atoms with Crippen molar-refractivity contribution < 1.29 is 13.2 Å². The second kappa shape index (κ2) is 10.1. The Morgan fingerprint density at radius 1 is 1.09 bits per heavy atom. The third kappa shape index (κ3) is 5.42. The Morgan fingerprint density at radius 3 is 2.54 bits per heavy atom. The van der Waals surface area contributed by atoms with E-state index in [0.29, 0.717) is 18.5 Å². The lowest BCUT2D eigenvalue weighted by Gasteiger charge is -2.10. The maximum Gasteiger partial charge on any atom is 0.264 e. The van der Waals surface area contributed by atoms with Crippen molar-refractivity contribution in [2.24, 2.45) is 0 Å². The normalized spacial score (nSPS) is 11.3. The fourth-order valence-corrected chi connectivity index (χ4v) is 5.15. The van der Waals surface area contributed by atoms with Crippen LogP contribution >= 0.6 is 0 Å². The Balaban J connectivity index is 1.60. The highest BCUT2D eigenvalue weighted by atomic mass is 32.2. The topological polar surface area (TPSA) is 105 Å². The number of carbonyl (C=O) groups is 1. The van der Waals surface area contributed by atoms with Gasteiger partial charge in [0, 0.05) is 12.1 Å². The molecule has 1 heterocycles. The summed E-state index contributed by atoms with van der Waals surface area (Å²) in [5.74, 6) is 0.0598. The molecule has 0 spiro atoms. The zero-order chi connectivity index (χ0) is 25.0. The summed E-state index contributed by atoms with van der Waals surface area (Å²) in [5, 5.41) is 9.38. The van der Waals surface area contributed by atoms with Crippen molar-refractivity contribution in [1.29, 1.82) is 5.26 Å². The summed E-state index contributed by atoms with van der Waals surface area (Å²) >= 11 is 0. The van der Waals surface area contributed by atoms with Gasteiger partial charge in [-0.15, -0.1) is 0 Å². The third-order valence-corrected chi connectivity index (χ3v) is 7.19. The number of imidazole rings is 1. The van der Waals surface area contributed by atoms with Crippen molar-refractivity contribution in [2.45, 2.75) is 33.2 Å². The predicted octanol–water partition coefficient (Wildman–Crippen LogP) is 4.79. The van der Waals surface area contributed by atoms with Crippen LogP contribution in [0.4, 0.5) is 0 Å². The average molecular weight is 487 g/mol. The molecule has 3 aromatic carbocycles. The number of benzene rings is 3. The summed E-state index contributed by atoms with van der Waals surface area (Å²) in [6, 6.07) is 22.7. The van der Waals surface area contributed by atoms with E-state index >= 15 is 0 Å². The van der Waals surface area contributed by atoms with E-state index in [1.54, 1.807) is 24.3 Å². The Kier molecular flexibility index (Phi) is 6.99. The lowest BCUT2D eigenvalue weighted by atomic mass is 9.99. The number of nitrogens with zero attached hydrogens (tertiary/aromatic N) is 3. The minimum atomic E-state index is -3.67. The first-order chi connectivity index (χ1) is 16.8. The summed E-state index contributed by atoms with van der Waals surface area (Å²) in [6.45, 7) is 4.32. The van der Waals surface area contributed by atoms with Crippen molar-refractivity contribution >= 4 is 27.0 Å². The molecule has 0 saturated heterocycles. The molecular weight excluding hydrogens is 460 g/mol.